The maximum Gasteiger partial charge on any atom is 0.234 e. The minimum atomic E-state index is 0.0969. The van der Waals surface area contributed by atoms with Crippen molar-refractivity contribution < 1.29 is 9.53 Å². The summed E-state index contributed by atoms with van der Waals surface area (Å²) in [6, 6.07) is 9.67. The molecule has 1 aromatic rings. The summed E-state index contributed by atoms with van der Waals surface area (Å²) in [5, 5.41) is 6.38. The van der Waals surface area contributed by atoms with Crippen molar-refractivity contribution in [2.24, 2.45) is 5.41 Å². The van der Waals surface area contributed by atoms with Crippen LogP contribution >= 0.6 is 0 Å². The number of amides is 1. The van der Waals surface area contributed by atoms with Crippen LogP contribution in [0, 0.1) is 5.41 Å². The maximum atomic E-state index is 12.0. The van der Waals surface area contributed by atoms with E-state index >= 15 is 0 Å². The van der Waals surface area contributed by atoms with Crippen molar-refractivity contribution in [1.82, 2.24) is 15.5 Å². The quantitative estimate of drug-likeness (QED) is 0.766. The molecule has 2 aliphatic rings. The predicted molar refractivity (Wildman–Crippen MR) is 85.9 cm³/mol. The van der Waals surface area contributed by atoms with Crippen molar-refractivity contribution in [2.75, 3.05) is 45.9 Å². The third kappa shape index (κ3) is 3.99. The maximum absolute atomic E-state index is 12.0. The Kier molecular flexibility index (Phi) is 4.95. The first kappa shape index (κ1) is 15.3. The van der Waals surface area contributed by atoms with Crippen LogP contribution in [0.4, 0.5) is 0 Å². The first-order valence-electron chi connectivity index (χ1n) is 8.13. The molecule has 0 aromatic heterocycles. The molecule has 5 nitrogen and oxygen atoms in total. The Morgan fingerprint density at radius 1 is 1.32 bits per heavy atom. The number of hydrogen-bond donors (Lipinski definition) is 2. The van der Waals surface area contributed by atoms with Crippen molar-refractivity contribution in [1.29, 1.82) is 0 Å². The molecule has 2 N–H and O–H groups in total. The van der Waals surface area contributed by atoms with Crippen molar-refractivity contribution >= 4 is 5.91 Å². The summed E-state index contributed by atoms with van der Waals surface area (Å²) in [4.78, 5) is 14.3. The van der Waals surface area contributed by atoms with E-state index in [1.54, 1.807) is 0 Å². The Bertz CT molecular complexity index is 486. The summed E-state index contributed by atoms with van der Waals surface area (Å²) < 4.78 is 5.57. The van der Waals surface area contributed by atoms with Gasteiger partial charge in [0.1, 0.15) is 12.4 Å². The van der Waals surface area contributed by atoms with Gasteiger partial charge in [-0.05, 0) is 43.5 Å². The first-order chi connectivity index (χ1) is 10.8. The highest BCUT2D eigenvalue weighted by Gasteiger charge is 2.40. The van der Waals surface area contributed by atoms with Crippen LogP contribution in [0.15, 0.2) is 30.3 Å². The molecule has 0 bridgehead atoms. The Balaban J connectivity index is 1.31. The van der Waals surface area contributed by atoms with Gasteiger partial charge in [-0.1, -0.05) is 18.2 Å². The summed E-state index contributed by atoms with van der Waals surface area (Å²) >= 11 is 0. The second kappa shape index (κ2) is 7.11. The number of carbonyl (C=O) groups excluding carboxylic acids is 1. The molecular weight excluding hydrogens is 278 g/mol. The summed E-state index contributed by atoms with van der Waals surface area (Å²) in [6.45, 7) is 5.88. The second-order valence-corrected chi connectivity index (χ2v) is 6.40. The SMILES string of the molecule is O=C(CN1CCC2(CCNC2)C1)NCCOc1ccccc1. The molecule has 3 rings (SSSR count). The van der Waals surface area contributed by atoms with E-state index in [0.29, 0.717) is 25.1 Å². The van der Waals surface area contributed by atoms with Crippen LogP contribution in [0.25, 0.3) is 0 Å². The van der Waals surface area contributed by atoms with E-state index in [4.69, 9.17) is 4.74 Å². The van der Waals surface area contributed by atoms with Gasteiger partial charge in [-0.3, -0.25) is 9.69 Å². The van der Waals surface area contributed by atoms with E-state index in [2.05, 4.69) is 15.5 Å². The Morgan fingerprint density at radius 3 is 2.95 bits per heavy atom. The van der Waals surface area contributed by atoms with Crippen LogP contribution in [-0.2, 0) is 4.79 Å². The van der Waals surface area contributed by atoms with Gasteiger partial charge < -0.3 is 15.4 Å². The fourth-order valence-corrected chi connectivity index (χ4v) is 3.44. The van der Waals surface area contributed by atoms with Crippen LogP contribution < -0.4 is 15.4 Å². The zero-order chi connectivity index (χ0) is 15.3. The molecular formula is C17H25N3O2. The lowest BCUT2D eigenvalue weighted by molar-refractivity contribution is -0.122. The van der Waals surface area contributed by atoms with Crippen LogP contribution in [0.1, 0.15) is 12.8 Å². The molecule has 1 aromatic carbocycles. The Labute approximate surface area is 132 Å². The number of likely N-dealkylation sites (tertiary alicyclic amines) is 1. The molecule has 0 aliphatic carbocycles. The zero-order valence-corrected chi connectivity index (χ0v) is 13.0. The molecule has 0 saturated carbocycles. The monoisotopic (exact) mass is 303 g/mol. The summed E-state index contributed by atoms with van der Waals surface area (Å²) in [5.74, 6) is 0.937. The van der Waals surface area contributed by atoms with Gasteiger partial charge in [0.05, 0.1) is 13.1 Å². The molecule has 2 aliphatic heterocycles. The smallest absolute Gasteiger partial charge is 0.234 e. The lowest BCUT2D eigenvalue weighted by atomic mass is 9.87. The van der Waals surface area contributed by atoms with Crippen molar-refractivity contribution in [3.8, 4) is 5.75 Å². The topological polar surface area (TPSA) is 53.6 Å². The van der Waals surface area contributed by atoms with Crippen molar-refractivity contribution in [3.63, 3.8) is 0 Å². The molecule has 1 spiro atoms. The van der Waals surface area contributed by atoms with Crippen molar-refractivity contribution in [2.45, 2.75) is 12.8 Å². The molecule has 120 valence electrons. The minimum Gasteiger partial charge on any atom is -0.492 e. The number of ether oxygens (including phenoxy) is 1. The van der Waals surface area contributed by atoms with Crippen LogP contribution in [-0.4, -0.2) is 56.7 Å². The molecule has 0 radical (unpaired) electrons. The average Bonchev–Trinajstić information content (AvgIpc) is 3.15. The predicted octanol–water partition coefficient (Wildman–Crippen LogP) is 0.867. The van der Waals surface area contributed by atoms with Crippen molar-refractivity contribution in [3.05, 3.63) is 30.3 Å². The van der Waals surface area contributed by atoms with Gasteiger partial charge in [0, 0.05) is 13.1 Å². The third-order valence-electron chi connectivity index (χ3n) is 4.65. The fraction of sp³-hybridized carbons (Fsp3) is 0.588. The van der Waals surface area contributed by atoms with Crippen LogP contribution in [0.5, 0.6) is 5.75 Å². The molecule has 22 heavy (non-hydrogen) atoms. The normalized spacial score (nSPS) is 24.7. The lowest BCUT2D eigenvalue weighted by Gasteiger charge is -2.22. The third-order valence-corrected chi connectivity index (χ3v) is 4.65. The molecule has 2 fully saturated rings. The molecule has 1 atom stereocenters. The van der Waals surface area contributed by atoms with E-state index < -0.39 is 0 Å². The van der Waals surface area contributed by atoms with Gasteiger partial charge in [0.25, 0.3) is 0 Å². The molecule has 1 unspecified atom stereocenters. The van der Waals surface area contributed by atoms with Gasteiger partial charge in [-0.25, -0.2) is 0 Å². The van der Waals surface area contributed by atoms with Crippen LogP contribution in [0.2, 0.25) is 0 Å². The molecule has 1 amide bonds. The Hall–Kier alpha value is -1.59. The highest BCUT2D eigenvalue weighted by Crippen LogP contribution is 2.35. The Morgan fingerprint density at radius 2 is 2.18 bits per heavy atom. The number of para-hydroxylation sites is 1. The number of carbonyl (C=O) groups is 1. The minimum absolute atomic E-state index is 0.0969. The van der Waals surface area contributed by atoms with Gasteiger partial charge in [-0.15, -0.1) is 0 Å². The largest absolute Gasteiger partial charge is 0.492 e. The summed E-state index contributed by atoms with van der Waals surface area (Å²) in [6.07, 6.45) is 2.46. The van der Waals surface area contributed by atoms with Gasteiger partial charge in [-0.2, -0.15) is 0 Å². The molecule has 2 saturated heterocycles. The number of hydrogen-bond acceptors (Lipinski definition) is 4. The van der Waals surface area contributed by atoms with E-state index in [0.717, 1.165) is 31.9 Å². The number of nitrogens with zero attached hydrogens (tertiary/aromatic N) is 1. The zero-order valence-electron chi connectivity index (χ0n) is 13.0. The number of rotatable bonds is 6. The first-order valence-corrected chi connectivity index (χ1v) is 8.13. The number of benzene rings is 1. The fourth-order valence-electron chi connectivity index (χ4n) is 3.44. The van der Waals surface area contributed by atoms with E-state index in [1.165, 1.54) is 12.8 Å². The number of nitrogens with one attached hydrogen (secondary N) is 2. The highest BCUT2D eigenvalue weighted by atomic mass is 16.5. The van der Waals surface area contributed by atoms with E-state index in [9.17, 15) is 4.79 Å². The van der Waals surface area contributed by atoms with Gasteiger partial charge in [0.2, 0.25) is 5.91 Å². The molecule has 2 heterocycles. The van der Waals surface area contributed by atoms with E-state index in [-0.39, 0.29) is 5.91 Å². The van der Waals surface area contributed by atoms with Gasteiger partial charge in [0.15, 0.2) is 0 Å². The lowest BCUT2D eigenvalue weighted by Crippen LogP contribution is -2.39. The second-order valence-electron chi connectivity index (χ2n) is 6.40. The highest BCUT2D eigenvalue weighted by molar-refractivity contribution is 5.78. The standard InChI is InChI=1S/C17H25N3O2/c21-16(19-9-11-22-15-4-2-1-3-5-15)12-20-10-7-17(14-20)6-8-18-13-17/h1-5,18H,6-14H2,(H,19,21). The summed E-state index contributed by atoms with van der Waals surface area (Å²) in [5.41, 5.74) is 0.427. The van der Waals surface area contributed by atoms with E-state index in [1.807, 2.05) is 30.3 Å². The summed E-state index contributed by atoms with van der Waals surface area (Å²) in [7, 11) is 0. The van der Waals surface area contributed by atoms with Gasteiger partial charge >= 0.3 is 0 Å². The van der Waals surface area contributed by atoms with Crippen LogP contribution in [0.3, 0.4) is 0 Å². The molecule has 5 heteroatoms. The average molecular weight is 303 g/mol.